The highest BCUT2D eigenvalue weighted by molar-refractivity contribution is 7.91. The third kappa shape index (κ3) is 6.09. The molecular formula is C26H27F4N5O3S. The van der Waals surface area contributed by atoms with Gasteiger partial charge in [0.15, 0.2) is 21.4 Å². The molecule has 0 unspecified atom stereocenters. The summed E-state index contributed by atoms with van der Waals surface area (Å²) in [6.45, 7) is 3.14. The number of fused-ring (bicyclic) bond motifs is 1. The summed E-state index contributed by atoms with van der Waals surface area (Å²) >= 11 is 0. The van der Waals surface area contributed by atoms with E-state index in [9.17, 15) is 26.0 Å². The van der Waals surface area contributed by atoms with Gasteiger partial charge in [-0.15, -0.1) is 13.2 Å². The molecule has 13 heteroatoms. The number of aryl methyl sites for hydroxylation is 2. The van der Waals surface area contributed by atoms with Gasteiger partial charge in [0, 0.05) is 49.5 Å². The van der Waals surface area contributed by atoms with Crippen molar-refractivity contribution in [2.24, 2.45) is 7.05 Å². The molecule has 3 aromatic heterocycles. The van der Waals surface area contributed by atoms with Crippen LogP contribution >= 0.6 is 0 Å². The molecule has 0 saturated carbocycles. The van der Waals surface area contributed by atoms with Crippen molar-refractivity contribution in [1.82, 2.24) is 24.2 Å². The van der Waals surface area contributed by atoms with E-state index in [2.05, 4.69) is 21.7 Å². The molecule has 4 heterocycles. The molecule has 1 aliphatic heterocycles. The number of benzene rings is 1. The molecule has 1 aliphatic rings. The van der Waals surface area contributed by atoms with Gasteiger partial charge in [-0.05, 0) is 55.7 Å². The Morgan fingerprint density at radius 3 is 2.49 bits per heavy atom. The number of rotatable bonds is 7. The molecule has 0 radical (unpaired) electrons. The summed E-state index contributed by atoms with van der Waals surface area (Å²) in [5.74, 6) is -1.70. The first kappa shape index (κ1) is 27.1. The highest BCUT2D eigenvalue weighted by atomic mass is 32.2. The third-order valence-corrected chi connectivity index (χ3v) is 8.60. The van der Waals surface area contributed by atoms with Crippen molar-refractivity contribution >= 4 is 20.9 Å². The Morgan fingerprint density at radius 2 is 1.85 bits per heavy atom. The molecule has 39 heavy (non-hydrogen) atoms. The number of ether oxygens (including phenoxy) is 1. The van der Waals surface area contributed by atoms with Gasteiger partial charge in [0.25, 0.3) is 0 Å². The molecule has 8 nitrogen and oxygen atoms in total. The van der Waals surface area contributed by atoms with Crippen molar-refractivity contribution in [1.29, 1.82) is 0 Å². The summed E-state index contributed by atoms with van der Waals surface area (Å²) in [4.78, 5) is 6.94. The number of sulfone groups is 1. The van der Waals surface area contributed by atoms with E-state index in [1.54, 1.807) is 24.0 Å². The quantitative estimate of drug-likeness (QED) is 0.307. The van der Waals surface area contributed by atoms with Crippen LogP contribution < -0.4 is 4.74 Å². The molecule has 0 aliphatic carbocycles. The van der Waals surface area contributed by atoms with Gasteiger partial charge in [0.2, 0.25) is 0 Å². The van der Waals surface area contributed by atoms with E-state index in [4.69, 9.17) is 4.98 Å². The van der Waals surface area contributed by atoms with Crippen LogP contribution in [0.2, 0.25) is 0 Å². The van der Waals surface area contributed by atoms with Crippen LogP contribution in [0.15, 0.2) is 48.9 Å². The highest BCUT2D eigenvalue weighted by Crippen LogP contribution is 2.32. The van der Waals surface area contributed by atoms with Crippen LogP contribution in [0.3, 0.4) is 0 Å². The van der Waals surface area contributed by atoms with Gasteiger partial charge in [0.1, 0.15) is 5.65 Å². The number of aromatic nitrogens is 4. The maximum Gasteiger partial charge on any atom is 0.573 e. The van der Waals surface area contributed by atoms with E-state index in [-0.39, 0.29) is 17.5 Å². The lowest BCUT2D eigenvalue weighted by molar-refractivity contribution is -0.275. The molecule has 1 saturated heterocycles. The smallest absolute Gasteiger partial charge is 0.403 e. The summed E-state index contributed by atoms with van der Waals surface area (Å²) in [5.41, 5.74) is 3.09. The first-order valence-corrected chi connectivity index (χ1v) is 14.2. The van der Waals surface area contributed by atoms with Crippen molar-refractivity contribution in [3.63, 3.8) is 0 Å². The number of hydrogen-bond acceptors (Lipinski definition) is 6. The van der Waals surface area contributed by atoms with Crippen LogP contribution in [0.25, 0.3) is 28.0 Å². The number of nitrogens with zero attached hydrogens (tertiary/aromatic N) is 5. The lowest BCUT2D eigenvalue weighted by Gasteiger charge is -2.32. The maximum atomic E-state index is 14.4. The lowest BCUT2D eigenvalue weighted by Crippen LogP contribution is -2.45. The summed E-state index contributed by atoms with van der Waals surface area (Å²) in [6, 6.07) is 6.99. The van der Waals surface area contributed by atoms with Crippen molar-refractivity contribution < 1.29 is 30.7 Å². The molecule has 0 N–H and O–H groups in total. The Bertz CT molecular complexity index is 1600. The molecule has 0 amide bonds. The van der Waals surface area contributed by atoms with Gasteiger partial charge >= 0.3 is 6.36 Å². The number of pyridine rings is 1. The largest absolute Gasteiger partial charge is 0.573 e. The first-order chi connectivity index (χ1) is 18.4. The second kappa shape index (κ2) is 10.3. The Morgan fingerprint density at radius 1 is 1.10 bits per heavy atom. The van der Waals surface area contributed by atoms with E-state index < -0.39 is 27.8 Å². The van der Waals surface area contributed by atoms with Crippen LogP contribution in [-0.4, -0.2) is 69.6 Å². The van der Waals surface area contributed by atoms with Crippen LogP contribution in [-0.2, 0) is 23.3 Å². The number of halogens is 4. The van der Waals surface area contributed by atoms with Crippen LogP contribution in [0, 0.1) is 5.82 Å². The normalized spacial score (nSPS) is 17.0. The highest BCUT2D eigenvalue weighted by Gasteiger charge is 2.32. The fourth-order valence-electron chi connectivity index (χ4n) is 4.84. The number of alkyl halides is 3. The molecule has 1 aromatic carbocycles. The molecule has 0 spiro atoms. The minimum absolute atomic E-state index is 0.175. The topological polar surface area (TPSA) is 82.2 Å². The summed E-state index contributed by atoms with van der Waals surface area (Å²) in [5, 5.41) is 5.13. The Labute approximate surface area is 222 Å². The standard InChI is InChI=1S/C26H27F4N5O3S/c1-17(34-9-11-39(36,37)12-10-34)3-4-19-15-35(20-14-31-33(2)16-20)25-21(19)6-7-23(32-25)18-5-8-24(22(27)13-18)38-26(28,29)30/h5-8,13-17H,3-4,9-12H2,1-2H3/t17-/m1/s1. The van der Waals surface area contributed by atoms with E-state index >= 15 is 0 Å². The maximum absolute atomic E-state index is 14.4. The van der Waals surface area contributed by atoms with Crippen LogP contribution in [0.5, 0.6) is 5.75 Å². The predicted molar refractivity (Wildman–Crippen MR) is 138 cm³/mol. The second-order valence-electron chi connectivity index (χ2n) is 9.73. The summed E-state index contributed by atoms with van der Waals surface area (Å²) in [6.07, 6.45) is 2.03. The van der Waals surface area contributed by atoms with Gasteiger partial charge in [-0.1, -0.05) is 0 Å². The predicted octanol–water partition coefficient (Wildman–Crippen LogP) is 4.52. The Kier molecular flexibility index (Phi) is 7.14. The zero-order valence-corrected chi connectivity index (χ0v) is 22.1. The molecular weight excluding hydrogens is 538 g/mol. The zero-order chi connectivity index (χ0) is 27.9. The summed E-state index contributed by atoms with van der Waals surface area (Å²) < 4.78 is 82.9. The van der Waals surface area contributed by atoms with E-state index in [1.165, 1.54) is 6.07 Å². The van der Waals surface area contributed by atoms with Crippen molar-refractivity contribution in [3.05, 3.63) is 60.3 Å². The van der Waals surface area contributed by atoms with Crippen LogP contribution in [0.4, 0.5) is 17.6 Å². The fraction of sp³-hybridized carbons (Fsp3) is 0.385. The Hall–Kier alpha value is -3.45. The molecule has 4 aromatic rings. The van der Waals surface area contributed by atoms with E-state index in [0.717, 1.165) is 35.2 Å². The summed E-state index contributed by atoms with van der Waals surface area (Å²) in [7, 11) is -1.16. The molecule has 1 atom stereocenters. The van der Waals surface area contributed by atoms with Gasteiger partial charge in [0.05, 0.1) is 29.1 Å². The first-order valence-electron chi connectivity index (χ1n) is 12.4. The van der Waals surface area contributed by atoms with Gasteiger partial charge < -0.3 is 4.74 Å². The third-order valence-electron chi connectivity index (χ3n) is 6.99. The van der Waals surface area contributed by atoms with Crippen LogP contribution in [0.1, 0.15) is 18.9 Å². The number of hydrogen-bond donors (Lipinski definition) is 0. The van der Waals surface area contributed by atoms with Gasteiger partial charge in [-0.2, -0.15) is 5.10 Å². The molecule has 208 valence electrons. The van der Waals surface area contributed by atoms with Crippen molar-refractivity contribution in [3.8, 4) is 22.7 Å². The van der Waals surface area contributed by atoms with Crippen molar-refractivity contribution in [2.75, 3.05) is 24.6 Å². The van der Waals surface area contributed by atoms with Crippen molar-refractivity contribution in [2.45, 2.75) is 32.2 Å². The molecule has 1 fully saturated rings. The average Bonchev–Trinajstić information content (AvgIpc) is 3.46. The molecule has 5 rings (SSSR count). The minimum atomic E-state index is -5.00. The van der Waals surface area contributed by atoms with Gasteiger partial charge in [-0.25, -0.2) is 17.8 Å². The van der Waals surface area contributed by atoms with Gasteiger partial charge in [-0.3, -0.25) is 14.1 Å². The minimum Gasteiger partial charge on any atom is -0.403 e. The Balaban J connectivity index is 1.45. The monoisotopic (exact) mass is 565 g/mol. The average molecular weight is 566 g/mol. The van der Waals surface area contributed by atoms with E-state index in [1.807, 2.05) is 23.0 Å². The van der Waals surface area contributed by atoms with E-state index in [0.29, 0.717) is 36.4 Å². The SMILES string of the molecule is C[C@H](CCc1cn(-c2cnn(C)c2)c2nc(-c3ccc(OC(F)(F)F)c(F)c3)ccc12)N1CCS(=O)(=O)CC1. The molecule has 0 bridgehead atoms. The lowest BCUT2D eigenvalue weighted by atomic mass is 10.0. The second-order valence-corrected chi connectivity index (χ2v) is 12.0. The fourth-order valence-corrected chi connectivity index (χ4v) is 6.07. The zero-order valence-electron chi connectivity index (χ0n) is 21.3.